The van der Waals surface area contributed by atoms with Crippen LogP contribution in [-0.4, -0.2) is 31.2 Å². The molecule has 2 amide bonds. The van der Waals surface area contributed by atoms with Crippen LogP contribution in [0.4, 0.5) is 10.1 Å². The number of rotatable bonds is 9. The van der Waals surface area contributed by atoms with Crippen molar-refractivity contribution in [2.75, 3.05) is 18.1 Å². The summed E-state index contributed by atoms with van der Waals surface area (Å²) in [5, 5.41) is 4.03. The fraction of sp³-hybridized carbons (Fsp3) is 0.222. The highest BCUT2D eigenvalue weighted by Crippen LogP contribution is 2.27. The van der Waals surface area contributed by atoms with Crippen LogP contribution >= 0.6 is 0 Å². The number of anilines is 1. The fourth-order valence-electron chi connectivity index (χ4n) is 3.68. The Labute approximate surface area is 203 Å². The first-order chi connectivity index (χ1) is 17.0. The average molecular weight is 476 g/mol. The van der Waals surface area contributed by atoms with Gasteiger partial charge in [-0.25, -0.2) is 9.82 Å². The minimum atomic E-state index is -0.478. The van der Waals surface area contributed by atoms with Crippen LogP contribution in [-0.2, 0) is 16.2 Å². The van der Waals surface area contributed by atoms with E-state index in [9.17, 15) is 14.0 Å². The normalized spacial score (nSPS) is 15.4. The predicted molar refractivity (Wildman–Crippen MR) is 131 cm³/mol. The smallest absolute Gasteiger partial charge is 0.245 e. The lowest BCUT2D eigenvalue weighted by Crippen LogP contribution is -2.30. The molecule has 3 aromatic carbocycles. The first-order valence-corrected chi connectivity index (χ1v) is 11.4. The number of amides is 2. The number of nitrogens with one attached hydrogen (secondary N) is 1. The molecule has 1 N–H and O–H groups in total. The van der Waals surface area contributed by atoms with Gasteiger partial charge in [0.15, 0.2) is 0 Å². The molecular weight excluding hydrogens is 449 g/mol. The number of hydrazone groups is 1. The first kappa shape index (κ1) is 23.9. The van der Waals surface area contributed by atoms with Crippen LogP contribution in [0.1, 0.15) is 24.5 Å². The van der Waals surface area contributed by atoms with Crippen LogP contribution in [0.25, 0.3) is 0 Å². The first-order valence-electron chi connectivity index (χ1n) is 11.4. The summed E-state index contributed by atoms with van der Waals surface area (Å²) in [6.07, 6.45) is 1.66. The third-order valence-electron chi connectivity index (χ3n) is 5.54. The molecule has 1 fully saturated rings. The maximum Gasteiger partial charge on any atom is 0.245 e. The number of carbonyl (C=O) groups excluding carboxylic acids is 2. The molecule has 180 valence electrons. The van der Waals surface area contributed by atoms with Gasteiger partial charge in [0.05, 0.1) is 18.7 Å². The number of benzene rings is 3. The number of hydrogen-bond donors (Lipinski definition) is 1. The second kappa shape index (κ2) is 11.3. The Hall–Kier alpha value is -4.20. The summed E-state index contributed by atoms with van der Waals surface area (Å²) in [5.41, 5.74) is 4.90. The van der Waals surface area contributed by atoms with Gasteiger partial charge in [-0.05, 0) is 78.7 Å². The van der Waals surface area contributed by atoms with E-state index in [0.29, 0.717) is 25.5 Å². The highest BCUT2D eigenvalue weighted by molar-refractivity contribution is 6.00. The van der Waals surface area contributed by atoms with Crippen molar-refractivity contribution in [3.05, 3.63) is 89.7 Å². The minimum absolute atomic E-state index is 0.102. The van der Waals surface area contributed by atoms with E-state index in [-0.39, 0.29) is 24.1 Å². The van der Waals surface area contributed by atoms with Gasteiger partial charge in [0.25, 0.3) is 0 Å². The molecule has 8 heteroatoms. The zero-order valence-corrected chi connectivity index (χ0v) is 19.3. The number of halogens is 1. The van der Waals surface area contributed by atoms with Crippen molar-refractivity contribution >= 4 is 23.7 Å². The van der Waals surface area contributed by atoms with Crippen molar-refractivity contribution in [3.63, 3.8) is 0 Å². The molecule has 3 aromatic rings. The number of ether oxygens (including phenoxy) is 2. The molecule has 1 atom stereocenters. The van der Waals surface area contributed by atoms with Crippen molar-refractivity contribution in [2.45, 2.75) is 20.0 Å². The van der Waals surface area contributed by atoms with Crippen LogP contribution in [0.3, 0.4) is 0 Å². The topological polar surface area (TPSA) is 80.2 Å². The molecule has 1 aliphatic rings. The molecule has 0 aromatic heterocycles. The van der Waals surface area contributed by atoms with Gasteiger partial charge >= 0.3 is 0 Å². The van der Waals surface area contributed by atoms with Crippen LogP contribution in [0.2, 0.25) is 0 Å². The lowest BCUT2D eigenvalue weighted by Gasteiger charge is -2.17. The van der Waals surface area contributed by atoms with E-state index in [1.54, 1.807) is 29.2 Å². The third-order valence-corrected chi connectivity index (χ3v) is 5.54. The van der Waals surface area contributed by atoms with E-state index < -0.39 is 5.92 Å². The molecule has 1 heterocycles. The molecule has 0 aliphatic carbocycles. The minimum Gasteiger partial charge on any atom is -0.494 e. The van der Waals surface area contributed by atoms with Crippen LogP contribution in [0, 0.1) is 11.7 Å². The molecule has 0 spiro atoms. The Balaban J connectivity index is 1.25. The standard InChI is InChI=1S/C27H26FN3O4/c1-2-34-24-13-9-23(10-14-24)31-17-21(15-26(31)32)27(33)30-29-16-19-5-11-25(12-6-19)35-18-20-3-7-22(28)8-4-20/h3-14,16,21H,2,15,17-18H2,1H3,(H,30,33)/b29-16-/t21-/m0/s1. The lowest BCUT2D eigenvalue weighted by molar-refractivity contribution is -0.126. The molecule has 0 bridgehead atoms. The Morgan fingerprint density at radius 2 is 1.69 bits per heavy atom. The summed E-state index contributed by atoms with van der Waals surface area (Å²) in [6.45, 7) is 3.11. The zero-order valence-electron chi connectivity index (χ0n) is 19.3. The van der Waals surface area contributed by atoms with E-state index >= 15 is 0 Å². The third kappa shape index (κ3) is 6.44. The van der Waals surface area contributed by atoms with Gasteiger partial charge in [-0.2, -0.15) is 5.10 Å². The molecule has 35 heavy (non-hydrogen) atoms. The van der Waals surface area contributed by atoms with E-state index in [2.05, 4.69) is 10.5 Å². The largest absolute Gasteiger partial charge is 0.494 e. The van der Waals surface area contributed by atoms with Gasteiger partial charge in [0.1, 0.15) is 23.9 Å². The number of hydrogen-bond acceptors (Lipinski definition) is 5. The molecule has 4 rings (SSSR count). The van der Waals surface area contributed by atoms with Crippen LogP contribution in [0.5, 0.6) is 11.5 Å². The highest BCUT2D eigenvalue weighted by atomic mass is 19.1. The monoisotopic (exact) mass is 475 g/mol. The van der Waals surface area contributed by atoms with E-state index in [4.69, 9.17) is 9.47 Å². The lowest BCUT2D eigenvalue weighted by atomic mass is 10.1. The van der Waals surface area contributed by atoms with E-state index in [0.717, 1.165) is 22.6 Å². The van der Waals surface area contributed by atoms with Crippen molar-refractivity contribution in [2.24, 2.45) is 11.0 Å². The number of nitrogens with zero attached hydrogens (tertiary/aromatic N) is 2. The van der Waals surface area contributed by atoms with Crippen molar-refractivity contribution in [1.29, 1.82) is 0 Å². The molecule has 1 saturated heterocycles. The summed E-state index contributed by atoms with van der Waals surface area (Å²) >= 11 is 0. The summed E-state index contributed by atoms with van der Waals surface area (Å²) in [7, 11) is 0. The van der Waals surface area contributed by atoms with Gasteiger partial charge in [-0.15, -0.1) is 0 Å². The SMILES string of the molecule is CCOc1ccc(N2C[C@@H](C(=O)N/N=C\c3ccc(OCc4ccc(F)cc4)cc3)CC2=O)cc1. The van der Waals surface area contributed by atoms with Gasteiger partial charge in [-0.3, -0.25) is 9.59 Å². The zero-order chi connectivity index (χ0) is 24.6. The van der Waals surface area contributed by atoms with Crippen molar-refractivity contribution in [3.8, 4) is 11.5 Å². The Bertz CT molecular complexity index is 1180. The highest BCUT2D eigenvalue weighted by Gasteiger charge is 2.35. The van der Waals surface area contributed by atoms with E-state index in [1.807, 2.05) is 43.3 Å². The molecule has 0 unspecified atom stereocenters. The average Bonchev–Trinajstić information content (AvgIpc) is 3.27. The Morgan fingerprint density at radius 3 is 2.37 bits per heavy atom. The summed E-state index contributed by atoms with van der Waals surface area (Å²) < 4.78 is 24.1. The summed E-state index contributed by atoms with van der Waals surface area (Å²) in [4.78, 5) is 26.6. The van der Waals surface area contributed by atoms with Gasteiger partial charge in [-0.1, -0.05) is 12.1 Å². The van der Waals surface area contributed by atoms with Crippen molar-refractivity contribution in [1.82, 2.24) is 5.43 Å². The summed E-state index contributed by atoms with van der Waals surface area (Å²) in [5.74, 6) is 0.229. The predicted octanol–water partition coefficient (Wildman–Crippen LogP) is 4.31. The summed E-state index contributed by atoms with van der Waals surface area (Å²) in [6, 6.07) is 20.6. The second-order valence-electron chi connectivity index (χ2n) is 8.05. The molecule has 1 aliphatic heterocycles. The van der Waals surface area contributed by atoms with Crippen molar-refractivity contribution < 1.29 is 23.5 Å². The molecular formula is C27H26FN3O4. The molecule has 0 radical (unpaired) electrons. The molecule has 7 nitrogen and oxygen atoms in total. The second-order valence-corrected chi connectivity index (χ2v) is 8.05. The number of carbonyl (C=O) groups is 2. The van der Waals surface area contributed by atoms with Crippen LogP contribution in [0.15, 0.2) is 77.9 Å². The van der Waals surface area contributed by atoms with Gasteiger partial charge in [0, 0.05) is 18.7 Å². The van der Waals surface area contributed by atoms with Gasteiger partial charge < -0.3 is 14.4 Å². The van der Waals surface area contributed by atoms with E-state index in [1.165, 1.54) is 18.3 Å². The van der Waals surface area contributed by atoms with Crippen LogP contribution < -0.4 is 19.8 Å². The Kier molecular flexibility index (Phi) is 7.72. The maximum atomic E-state index is 13.0. The Morgan fingerprint density at radius 1 is 1.03 bits per heavy atom. The quantitative estimate of drug-likeness (QED) is 0.370. The molecule has 0 saturated carbocycles. The maximum absolute atomic E-state index is 13.0. The van der Waals surface area contributed by atoms with Gasteiger partial charge in [0.2, 0.25) is 11.8 Å². The fourth-order valence-corrected chi connectivity index (χ4v) is 3.68.